The predicted molar refractivity (Wildman–Crippen MR) is 66.1 cm³/mol. The van der Waals surface area contributed by atoms with E-state index in [1.165, 1.54) is 44.2 Å². The van der Waals surface area contributed by atoms with Crippen molar-refractivity contribution in [3.05, 3.63) is 18.0 Å². The summed E-state index contributed by atoms with van der Waals surface area (Å²) in [4.78, 5) is 0. The van der Waals surface area contributed by atoms with Crippen LogP contribution in [-0.4, -0.2) is 15.8 Å². The maximum absolute atomic E-state index is 6.23. The zero-order valence-corrected chi connectivity index (χ0v) is 10.2. The van der Waals surface area contributed by atoms with Crippen LogP contribution in [0, 0.1) is 5.92 Å². The molecule has 3 heteroatoms. The van der Waals surface area contributed by atoms with Gasteiger partial charge in [-0.15, -0.1) is 0 Å². The van der Waals surface area contributed by atoms with Gasteiger partial charge in [0.25, 0.3) is 0 Å². The van der Waals surface area contributed by atoms with Gasteiger partial charge in [0.05, 0.1) is 0 Å². The first kappa shape index (κ1) is 11.6. The molecule has 2 unspecified atom stereocenters. The highest BCUT2D eigenvalue weighted by molar-refractivity contribution is 5.00. The second-order valence-corrected chi connectivity index (χ2v) is 5.05. The van der Waals surface area contributed by atoms with Gasteiger partial charge in [-0.1, -0.05) is 19.3 Å². The quantitative estimate of drug-likeness (QED) is 0.796. The first-order valence-electron chi connectivity index (χ1n) is 6.50. The minimum Gasteiger partial charge on any atom is -0.327 e. The molecule has 1 saturated carbocycles. The third-order valence-electron chi connectivity index (χ3n) is 3.91. The zero-order valence-electron chi connectivity index (χ0n) is 10.2. The molecule has 0 aliphatic heterocycles. The van der Waals surface area contributed by atoms with Crippen LogP contribution in [0.2, 0.25) is 0 Å². The molecule has 1 aromatic heterocycles. The molecule has 0 aromatic carbocycles. The molecule has 90 valence electrons. The lowest BCUT2D eigenvalue weighted by atomic mass is 9.90. The van der Waals surface area contributed by atoms with Crippen molar-refractivity contribution in [2.24, 2.45) is 18.7 Å². The molecule has 0 radical (unpaired) electrons. The normalized spacial score (nSPS) is 26.6. The fourth-order valence-electron chi connectivity index (χ4n) is 2.75. The van der Waals surface area contributed by atoms with Gasteiger partial charge in [0, 0.05) is 25.0 Å². The van der Waals surface area contributed by atoms with Gasteiger partial charge in [-0.25, -0.2) is 0 Å². The maximum atomic E-state index is 6.23. The molecule has 2 N–H and O–H groups in total. The van der Waals surface area contributed by atoms with Gasteiger partial charge in [0.15, 0.2) is 0 Å². The van der Waals surface area contributed by atoms with E-state index in [0.29, 0.717) is 6.04 Å². The summed E-state index contributed by atoms with van der Waals surface area (Å²) in [5.74, 6) is 0.720. The molecular weight excluding hydrogens is 198 g/mol. The predicted octanol–water partition coefficient (Wildman–Crippen LogP) is 2.26. The van der Waals surface area contributed by atoms with E-state index in [1.54, 1.807) is 0 Å². The van der Waals surface area contributed by atoms with Crippen molar-refractivity contribution in [1.29, 1.82) is 0 Å². The van der Waals surface area contributed by atoms with E-state index in [-0.39, 0.29) is 0 Å². The number of aromatic nitrogens is 2. The monoisotopic (exact) mass is 221 g/mol. The smallest absolute Gasteiger partial charge is 0.0492 e. The third kappa shape index (κ3) is 2.85. The fourth-order valence-corrected chi connectivity index (χ4v) is 2.75. The summed E-state index contributed by atoms with van der Waals surface area (Å²) in [7, 11) is 2.02. The Hall–Kier alpha value is -0.830. The van der Waals surface area contributed by atoms with Crippen LogP contribution in [0.15, 0.2) is 12.3 Å². The second kappa shape index (κ2) is 5.48. The van der Waals surface area contributed by atoms with Gasteiger partial charge >= 0.3 is 0 Å². The standard InChI is InChI=1S/C13H23N3/c1-16-12(9-10-15-16)8-7-11-5-3-2-4-6-13(11)14/h9-11,13H,2-8,14H2,1H3. The van der Waals surface area contributed by atoms with Crippen LogP contribution < -0.4 is 5.73 Å². The molecule has 1 aliphatic carbocycles. The van der Waals surface area contributed by atoms with Gasteiger partial charge in [0.2, 0.25) is 0 Å². The van der Waals surface area contributed by atoms with Crippen LogP contribution in [0.4, 0.5) is 0 Å². The van der Waals surface area contributed by atoms with Crippen LogP contribution in [0.1, 0.15) is 44.2 Å². The van der Waals surface area contributed by atoms with Crippen LogP contribution in [0.3, 0.4) is 0 Å². The number of rotatable bonds is 3. The van der Waals surface area contributed by atoms with Crippen LogP contribution >= 0.6 is 0 Å². The number of aryl methyl sites for hydroxylation is 2. The summed E-state index contributed by atoms with van der Waals surface area (Å²) in [6, 6.07) is 2.54. The van der Waals surface area contributed by atoms with Crippen molar-refractivity contribution < 1.29 is 0 Å². The van der Waals surface area contributed by atoms with Crippen molar-refractivity contribution >= 4 is 0 Å². The molecule has 1 aliphatic rings. The Labute approximate surface area is 98.0 Å². The van der Waals surface area contributed by atoms with Gasteiger partial charge in [-0.2, -0.15) is 5.10 Å². The highest BCUT2D eigenvalue weighted by atomic mass is 15.2. The van der Waals surface area contributed by atoms with Crippen molar-refractivity contribution in [1.82, 2.24) is 9.78 Å². The van der Waals surface area contributed by atoms with Gasteiger partial charge in [0.1, 0.15) is 0 Å². The molecule has 2 rings (SSSR count). The first-order valence-corrected chi connectivity index (χ1v) is 6.50. The summed E-state index contributed by atoms with van der Waals surface area (Å²) in [6.07, 6.45) is 10.8. The molecule has 0 bridgehead atoms. The Morgan fingerprint density at radius 3 is 2.94 bits per heavy atom. The van der Waals surface area contributed by atoms with Gasteiger partial charge in [-0.05, 0) is 37.7 Å². The zero-order chi connectivity index (χ0) is 11.4. The maximum Gasteiger partial charge on any atom is 0.0492 e. The molecule has 2 atom stereocenters. The van der Waals surface area contributed by atoms with E-state index < -0.39 is 0 Å². The summed E-state index contributed by atoms with van der Waals surface area (Å²) in [5, 5.41) is 4.20. The van der Waals surface area contributed by atoms with E-state index in [0.717, 1.165) is 12.3 Å². The molecule has 1 fully saturated rings. The van der Waals surface area contributed by atoms with Crippen LogP contribution in [-0.2, 0) is 13.5 Å². The average molecular weight is 221 g/mol. The lowest BCUT2D eigenvalue weighted by Gasteiger charge is -2.21. The summed E-state index contributed by atoms with van der Waals surface area (Å²) < 4.78 is 1.97. The Morgan fingerprint density at radius 1 is 1.38 bits per heavy atom. The van der Waals surface area contributed by atoms with Crippen LogP contribution in [0.25, 0.3) is 0 Å². The minimum atomic E-state index is 0.427. The number of nitrogens with zero attached hydrogens (tertiary/aromatic N) is 2. The Balaban J connectivity index is 1.86. The lowest BCUT2D eigenvalue weighted by Crippen LogP contribution is -2.29. The molecule has 16 heavy (non-hydrogen) atoms. The van der Waals surface area contributed by atoms with Crippen molar-refractivity contribution in [3.63, 3.8) is 0 Å². The highest BCUT2D eigenvalue weighted by Crippen LogP contribution is 2.25. The van der Waals surface area contributed by atoms with Gasteiger partial charge in [-0.3, -0.25) is 4.68 Å². The van der Waals surface area contributed by atoms with E-state index >= 15 is 0 Å². The number of hydrogen-bond acceptors (Lipinski definition) is 2. The molecule has 3 nitrogen and oxygen atoms in total. The minimum absolute atomic E-state index is 0.427. The molecular formula is C13H23N3. The fraction of sp³-hybridized carbons (Fsp3) is 0.769. The Bertz CT molecular complexity index is 319. The van der Waals surface area contributed by atoms with E-state index in [1.807, 2.05) is 17.9 Å². The third-order valence-corrected chi connectivity index (χ3v) is 3.91. The van der Waals surface area contributed by atoms with Crippen molar-refractivity contribution in [3.8, 4) is 0 Å². The van der Waals surface area contributed by atoms with E-state index in [4.69, 9.17) is 5.73 Å². The molecule has 1 heterocycles. The first-order chi connectivity index (χ1) is 7.77. The van der Waals surface area contributed by atoms with Gasteiger partial charge < -0.3 is 5.73 Å². The van der Waals surface area contributed by atoms with Crippen molar-refractivity contribution in [2.75, 3.05) is 0 Å². The second-order valence-electron chi connectivity index (χ2n) is 5.05. The topological polar surface area (TPSA) is 43.8 Å². The SMILES string of the molecule is Cn1nccc1CCC1CCCCCC1N. The van der Waals surface area contributed by atoms with E-state index in [9.17, 15) is 0 Å². The molecule has 0 spiro atoms. The summed E-state index contributed by atoms with van der Waals surface area (Å²) in [5.41, 5.74) is 7.56. The Morgan fingerprint density at radius 2 is 2.19 bits per heavy atom. The molecule has 0 amide bonds. The Kier molecular flexibility index (Phi) is 3.99. The molecule has 0 saturated heterocycles. The number of hydrogen-bond donors (Lipinski definition) is 1. The average Bonchev–Trinajstić information content (AvgIpc) is 2.56. The van der Waals surface area contributed by atoms with E-state index in [2.05, 4.69) is 11.2 Å². The lowest BCUT2D eigenvalue weighted by molar-refractivity contribution is 0.370. The molecule has 1 aromatic rings. The summed E-state index contributed by atoms with van der Waals surface area (Å²) in [6.45, 7) is 0. The van der Waals surface area contributed by atoms with Crippen molar-refractivity contribution in [2.45, 2.75) is 51.0 Å². The highest BCUT2D eigenvalue weighted by Gasteiger charge is 2.20. The summed E-state index contributed by atoms with van der Waals surface area (Å²) >= 11 is 0. The number of nitrogens with two attached hydrogens (primary N) is 1. The largest absolute Gasteiger partial charge is 0.327 e. The van der Waals surface area contributed by atoms with Crippen LogP contribution in [0.5, 0.6) is 0 Å².